The second kappa shape index (κ2) is 6.52. The Morgan fingerprint density at radius 3 is 2.73 bits per heavy atom. The summed E-state index contributed by atoms with van der Waals surface area (Å²) < 4.78 is 10.6. The van der Waals surface area contributed by atoms with Crippen LogP contribution < -0.4 is 14.8 Å². The maximum Gasteiger partial charge on any atom is 0.231 e. The number of amides is 1. The van der Waals surface area contributed by atoms with Gasteiger partial charge < -0.3 is 14.8 Å². The van der Waals surface area contributed by atoms with Gasteiger partial charge in [0.25, 0.3) is 0 Å². The Morgan fingerprint density at radius 1 is 1.14 bits per heavy atom. The lowest BCUT2D eigenvalue weighted by atomic mass is 10.1. The van der Waals surface area contributed by atoms with E-state index in [2.05, 4.69) is 5.32 Å². The molecule has 1 N–H and O–H groups in total. The van der Waals surface area contributed by atoms with Crippen LogP contribution in [-0.2, 0) is 11.2 Å². The van der Waals surface area contributed by atoms with Crippen molar-refractivity contribution < 1.29 is 14.3 Å². The van der Waals surface area contributed by atoms with Crippen LogP contribution in [-0.4, -0.2) is 12.7 Å². The first-order valence-corrected chi connectivity index (χ1v) is 7.45. The van der Waals surface area contributed by atoms with Gasteiger partial charge in [0.1, 0.15) is 0 Å². The molecule has 1 unspecified atom stereocenters. The minimum atomic E-state index is 0.0189. The first kappa shape index (κ1) is 14.4. The highest BCUT2D eigenvalue weighted by Crippen LogP contribution is 2.32. The number of carbonyl (C=O) groups excluding carboxylic acids is 1. The van der Waals surface area contributed by atoms with Crippen molar-refractivity contribution in [2.75, 3.05) is 6.79 Å². The van der Waals surface area contributed by atoms with Crippen molar-refractivity contribution in [3.63, 3.8) is 0 Å². The van der Waals surface area contributed by atoms with Crippen molar-refractivity contribution >= 4 is 5.91 Å². The third-order valence-corrected chi connectivity index (χ3v) is 3.75. The molecule has 1 aliphatic heterocycles. The Balaban J connectivity index is 1.52. The number of rotatable bonds is 5. The van der Waals surface area contributed by atoms with Crippen LogP contribution >= 0.6 is 0 Å². The molecule has 0 radical (unpaired) electrons. The molecule has 0 aliphatic carbocycles. The van der Waals surface area contributed by atoms with Gasteiger partial charge in [0.2, 0.25) is 12.7 Å². The lowest BCUT2D eigenvalue weighted by molar-refractivity contribution is -0.121. The zero-order valence-corrected chi connectivity index (χ0v) is 12.5. The van der Waals surface area contributed by atoms with E-state index in [0.29, 0.717) is 12.8 Å². The summed E-state index contributed by atoms with van der Waals surface area (Å²) in [7, 11) is 0. The van der Waals surface area contributed by atoms with Gasteiger partial charge in [-0.1, -0.05) is 36.4 Å². The number of ether oxygens (including phenoxy) is 2. The highest BCUT2D eigenvalue weighted by Gasteiger charge is 2.14. The average molecular weight is 297 g/mol. The van der Waals surface area contributed by atoms with E-state index in [4.69, 9.17) is 9.47 Å². The fourth-order valence-electron chi connectivity index (χ4n) is 2.49. The number of aryl methyl sites for hydroxylation is 1. The summed E-state index contributed by atoms with van der Waals surface area (Å²) in [5.41, 5.74) is 2.19. The van der Waals surface area contributed by atoms with Crippen LogP contribution in [0.5, 0.6) is 11.5 Å². The molecule has 1 heterocycles. The highest BCUT2D eigenvalue weighted by molar-refractivity contribution is 5.76. The standard InChI is InChI=1S/C18H19NO3/c1-13(15-5-3-2-4-6-15)19-18(20)10-8-14-7-9-16-17(11-14)22-12-21-16/h2-7,9,11,13H,8,10,12H2,1H3,(H,19,20). The van der Waals surface area contributed by atoms with Crippen molar-refractivity contribution in [2.45, 2.75) is 25.8 Å². The fourth-order valence-corrected chi connectivity index (χ4v) is 2.49. The van der Waals surface area contributed by atoms with E-state index in [1.807, 2.05) is 55.5 Å². The fraction of sp³-hybridized carbons (Fsp3) is 0.278. The maximum absolute atomic E-state index is 12.1. The number of hydrogen-bond acceptors (Lipinski definition) is 3. The molecule has 3 rings (SSSR count). The van der Waals surface area contributed by atoms with Crippen molar-refractivity contribution in [1.82, 2.24) is 5.32 Å². The molecule has 1 atom stereocenters. The summed E-state index contributed by atoms with van der Waals surface area (Å²) in [5, 5.41) is 3.02. The Morgan fingerprint density at radius 2 is 1.91 bits per heavy atom. The Hall–Kier alpha value is -2.49. The number of nitrogens with one attached hydrogen (secondary N) is 1. The van der Waals surface area contributed by atoms with Crippen molar-refractivity contribution in [3.8, 4) is 11.5 Å². The summed E-state index contributed by atoms with van der Waals surface area (Å²) in [5.74, 6) is 1.58. The number of carbonyl (C=O) groups is 1. The minimum Gasteiger partial charge on any atom is -0.454 e. The topological polar surface area (TPSA) is 47.6 Å². The van der Waals surface area contributed by atoms with E-state index in [1.165, 1.54) is 0 Å². The molecule has 0 saturated heterocycles. The van der Waals surface area contributed by atoms with E-state index in [0.717, 1.165) is 22.6 Å². The first-order valence-electron chi connectivity index (χ1n) is 7.45. The van der Waals surface area contributed by atoms with Crippen LogP contribution in [0.25, 0.3) is 0 Å². The number of fused-ring (bicyclic) bond motifs is 1. The third kappa shape index (κ3) is 3.39. The van der Waals surface area contributed by atoms with Crippen molar-refractivity contribution in [3.05, 3.63) is 59.7 Å². The van der Waals surface area contributed by atoms with Crippen LogP contribution in [0.4, 0.5) is 0 Å². The molecule has 2 aromatic rings. The molecule has 22 heavy (non-hydrogen) atoms. The smallest absolute Gasteiger partial charge is 0.231 e. The summed E-state index contributed by atoms with van der Waals surface area (Å²) >= 11 is 0. The highest BCUT2D eigenvalue weighted by atomic mass is 16.7. The number of hydrogen-bond donors (Lipinski definition) is 1. The lowest BCUT2D eigenvalue weighted by Crippen LogP contribution is -2.26. The second-order valence-corrected chi connectivity index (χ2v) is 5.39. The van der Waals surface area contributed by atoms with Gasteiger partial charge >= 0.3 is 0 Å². The monoisotopic (exact) mass is 297 g/mol. The zero-order valence-electron chi connectivity index (χ0n) is 12.5. The van der Waals surface area contributed by atoms with Gasteiger partial charge in [0.05, 0.1) is 6.04 Å². The minimum absolute atomic E-state index is 0.0189. The van der Waals surface area contributed by atoms with Gasteiger partial charge in [0, 0.05) is 6.42 Å². The summed E-state index contributed by atoms with van der Waals surface area (Å²) in [6, 6.07) is 15.8. The van der Waals surface area contributed by atoms with Crippen LogP contribution in [0.1, 0.15) is 30.5 Å². The predicted molar refractivity (Wildman–Crippen MR) is 83.9 cm³/mol. The van der Waals surface area contributed by atoms with E-state index < -0.39 is 0 Å². The van der Waals surface area contributed by atoms with E-state index in [-0.39, 0.29) is 18.7 Å². The lowest BCUT2D eigenvalue weighted by Gasteiger charge is -2.14. The molecule has 114 valence electrons. The Labute approximate surface area is 130 Å². The van der Waals surface area contributed by atoms with Crippen molar-refractivity contribution in [1.29, 1.82) is 0 Å². The summed E-state index contributed by atoms with van der Waals surface area (Å²) in [6.07, 6.45) is 1.14. The quantitative estimate of drug-likeness (QED) is 0.921. The zero-order chi connectivity index (χ0) is 15.4. The predicted octanol–water partition coefficient (Wildman–Crippen LogP) is 3.23. The molecular weight excluding hydrogens is 278 g/mol. The van der Waals surface area contributed by atoms with Crippen molar-refractivity contribution in [2.24, 2.45) is 0 Å². The molecule has 0 fully saturated rings. The molecule has 2 aromatic carbocycles. The summed E-state index contributed by atoms with van der Waals surface area (Å²) in [6.45, 7) is 2.27. The Bertz CT molecular complexity index is 655. The molecule has 0 bridgehead atoms. The van der Waals surface area contributed by atoms with Crippen LogP contribution in [0.3, 0.4) is 0 Å². The molecule has 0 spiro atoms. The number of benzene rings is 2. The largest absolute Gasteiger partial charge is 0.454 e. The molecule has 1 aliphatic rings. The van der Waals surface area contributed by atoms with Gasteiger partial charge in [-0.25, -0.2) is 0 Å². The molecular formula is C18H19NO3. The second-order valence-electron chi connectivity index (χ2n) is 5.39. The molecule has 4 nitrogen and oxygen atoms in total. The van der Waals surface area contributed by atoms with Crippen LogP contribution in [0.15, 0.2) is 48.5 Å². The van der Waals surface area contributed by atoms with Gasteiger partial charge in [0.15, 0.2) is 11.5 Å². The van der Waals surface area contributed by atoms with E-state index in [9.17, 15) is 4.79 Å². The molecule has 4 heteroatoms. The molecule has 0 saturated carbocycles. The molecule has 1 amide bonds. The third-order valence-electron chi connectivity index (χ3n) is 3.75. The molecule has 0 aromatic heterocycles. The average Bonchev–Trinajstić information content (AvgIpc) is 3.01. The summed E-state index contributed by atoms with van der Waals surface area (Å²) in [4.78, 5) is 12.1. The van der Waals surface area contributed by atoms with E-state index in [1.54, 1.807) is 0 Å². The normalized spacial score (nSPS) is 13.7. The van der Waals surface area contributed by atoms with Gasteiger partial charge in [-0.15, -0.1) is 0 Å². The van der Waals surface area contributed by atoms with Gasteiger partial charge in [-0.05, 0) is 36.6 Å². The van der Waals surface area contributed by atoms with Gasteiger partial charge in [-0.2, -0.15) is 0 Å². The van der Waals surface area contributed by atoms with E-state index >= 15 is 0 Å². The Kier molecular flexibility index (Phi) is 4.28. The van der Waals surface area contributed by atoms with Crippen LogP contribution in [0.2, 0.25) is 0 Å². The van der Waals surface area contributed by atoms with Crippen LogP contribution in [0, 0.1) is 0 Å². The first-order chi connectivity index (χ1) is 10.7. The maximum atomic E-state index is 12.1. The SMILES string of the molecule is CC(NC(=O)CCc1ccc2c(c1)OCO2)c1ccccc1. The van der Waals surface area contributed by atoms with Gasteiger partial charge in [-0.3, -0.25) is 4.79 Å².